The Hall–Kier alpha value is -3.42. The molecule has 8 heteroatoms. The van der Waals surface area contributed by atoms with E-state index in [4.69, 9.17) is 9.47 Å². The van der Waals surface area contributed by atoms with Crippen molar-refractivity contribution in [2.75, 3.05) is 14.2 Å². The minimum atomic E-state index is -0.566. The zero-order valence-electron chi connectivity index (χ0n) is 13.1. The Balaban J connectivity index is 2.07. The van der Waals surface area contributed by atoms with E-state index in [0.29, 0.717) is 17.1 Å². The molecule has 0 unspecified atom stereocenters. The van der Waals surface area contributed by atoms with Crippen molar-refractivity contribution < 1.29 is 19.2 Å². The highest BCUT2D eigenvalue weighted by molar-refractivity contribution is 5.95. The largest absolute Gasteiger partial charge is 0.493 e. The number of hydrogen-bond acceptors (Lipinski definition) is 6. The first-order valence-electron chi connectivity index (χ1n) is 6.85. The van der Waals surface area contributed by atoms with Crippen molar-refractivity contribution >= 4 is 17.8 Å². The maximum atomic E-state index is 11.9. The fraction of sp³-hybridized carbons (Fsp3) is 0.125. The van der Waals surface area contributed by atoms with E-state index >= 15 is 0 Å². The van der Waals surface area contributed by atoms with Gasteiger partial charge in [-0.3, -0.25) is 14.9 Å². The number of non-ortho nitro benzene ring substituents is 1. The van der Waals surface area contributed by atoms with Gasteiger partial charge in [0.1, 0.15) is 0 Å². The van der Waals surface area contributed by atoms with Gasteiger partial charge in [0.15, 0.2) is 11.5 Å². The van der Waals surface area contributed by atoms with Crippen molar-refractivity contribution in [2.45, 2.75) is 0 Å². The van der Waals surface area contributed by atoms with Crippen LogP contribution in [0.15, 0.2) is 47.6 Å². The molecule has 0 heterocycles. The van der Waals surface area contributed by atoms with E-state index in [1.54, 1.807) is 18.2 Å². The summed E-state index contributed by atoms with van der Waals surface area (Å²) in [4.78, 5) is 22.1. The molecule has 0 radical (unpaired) electrons. The van der Waals surface area contributed by atoms with Crippen molar-refractivity contribution in [3.8, 4) is 11.5 Å². The van der Waals surface area contributed by atoms with Crippen LogP contribution >= 0.6 is 0 Å². The highest BCUT2D eigenvalue weighted by atomic mass is 16.6. The molecule has 0 aliphatic carbocycles. The molecule has 0 aliphatic rings. The molecule has 0 aliphatic heterocycles. The lowest BCUT2D eigenvalue weighted by atomic mass is 10.2. The number of hydrazone groups is 1. The molecule has 0 saturated carbocycles. The fourth-order valence-electron chi connectivity index (χ4n) is 1.92. The molecular formula is C16H15N3O5. The minimum absolute atomic E-state index is 0.147. The molecule has 2 rings (SSSR count). The predicted molar refractivity (Wildman–Crippen MR) is 87.7 cm³/mol. The maximum absolute atomic E-state index is 11.9. The van der Waals surface area contributed by atoms with Gasteiger partial charge in [-0.15, -0.1) is 0 Å². The first-order chi connectivity index (χ1) is 11.5. The maximum Gasteiger partial charge on any atom is 0.271 e. The molecule has 2 aromatic rings. The molecule has 8 nitrogen and oxygen atoms in total. The number of ether oxygens (including phenoxy) is 2. The highest BCUT2D eigenvalue weighted by Gasteiger charge is 2.10. The van der Waals surface area contributed by atoms with Crippen molar-refractivity contribution in [2.24, 2.45) is 5.10 Å². The zero-order chi connectivity index (χ0) is 17.5. The Morgan fingerprint density at radius 3 is 2.58 bits per heavy atom. The number of hydrogen-bond donors (Lipinski definition) is 1. The Morgan fingerprint density at radius 2 is 1.92 bits per heavy atom. The Bertz CT molecular complexity index is 789. The molecule has 0 spiro atoms. The number of benzene rings is 2. The van der Waals surface area contributed by atoms with Gasteiger partial charge in [0.05, 0.1) is 25.4 Å². The van der Waals surface area contributed by atoms with Crippen LogP contribution in [0.5, 0.6) is 11.5 Å². The van der Waals surface area contributed by atoms with Crippen LogP contribution in [0, 0.1) is 10.1 Å². The van der Waals surface area contributed by atoms with Crippen molar-refractivity contribution in [3.63, 3.8) is 0 Å². The number of nitro groups is 1. The van der Waals surface area contributed by atoms with Gasteiger partial charge in [0.25, 0.3) is 11.6 Å². The van der Waals surface area contributed by atoms with Gasteiger partial charge in [-0.1, -0.05) is 6.07 Å². The molecule has 2 aromatic carbocycles. The summed E-state index contributed by atoms with van der Waals surface area (Å²) in [7, 11) is 3.05. The third-order valence-corrected chi connectivity index (χ3v) is 3.11. The van der Waals surface area contributed by atoms with E-state index in [1.165, 1.54) is 44.7 Å². The molecular weight excluding hydrogens is 314 g/mol. The molecule has 0 saturated heterocycles. The summed E-state index contributed by atoms with van der Waals surface area (Å²) < 4.78 is 10.3. The lowest BCUT2D eigenvalue weighted by Gasteiger charge is -2.07. The number of nitrogens with one attached hydrogen (secondary N) is 1. The van der Waals surface area contributed by atoms with Gasteiger partial charge in [0, 0.05) is 17.7 Å². The predicted octanol–water partition coefficient (Wildman–Crippen LogP) is 2.38. The van der Waals surface area contributed by atoms with E-state index in [-0.39, 0.29) is 11.3 Å². The van der Waals surface area contributed by atoms with Crippen LogP contribution < -0.4 is 14.9 Å². The molecule has 24 heavy (non-hydrogen) atoms. The standard InChI is InChI=1S/C16H15N3O5/c1-23-14-7-6-11(8-15(14)24-2)10-17-18-16(20)12-4-3-5-13(9-12)19(21)22/h3-10H,1-2H3,(H,18,20)/b17-10-. The molecule has 0 fully saturated rings. The van der Waals surface area contributed by atoms with Crippen LogP contribution in [0.25, 0.3) is 0 Å². The normalized spacial score (nSPS) is 10.4. The number of methoxy groups -OCH3 is 2. The van der Waals surface area contributed by atoms with Crippen LogP contribution in [0.3, 0.4) is 0 Å². The summed E-state index contributed by atoms with van der Waals surface area (Å²) in [5.74, 6) is 0.567. The monoisotopic (exact) mass is 329 g/mol. The van der Waals surface area contributed by atoms with E-state index in [9.17, 15) is 14.9 Å². The third kappa shape index (κ3) is 4.07. The van der Waals surface area contributed by atoms with Gasteiger partial charge < -0.3 is 9.47 Å². The van der Waals surface area contributed by atoms with Crippen LogP contribution in [-0.2, 0) is 0 Å². The summed E-state index contributed by atoms with van der Waals surface area (Å²) >= 11 is 0. The molecule has 124 valence electrons. The number of amides is 1. The minimum Gasteiger partial charge on any atom is -0.493 e. The van der Waals surface area contributed by atoms with E-state index in [1.807, 2.05) is 0 Å². The smallest absolute Gasteiger partial charge is 0.271 e. The molecule has 0 bridgehead atoms. The lowest BCUT2D eigenvalue weighted by Crippen LogP contribution is -2.17. The number of carbonyl (C=O) groups is 1. The summed E-state index contributed by atoms with van der Waals surface area (Å²) in [5.41, 5.74) is 2.99. The third-order valence-electron chi connectivity index (χ3n) is 3.11. The lowest BCUT2D eigenvalue weighted by molar-refractivity contribution is -0.384. The topological polar surface area (TPSA) is 103 Å². The van der Waals surface area contributed by atoms with Crippen LogP contribution in [0.1, 0.15) is 15.9 Å². The average molecular weight is 329 g/mol. The molecule has 0 aromatic heterocycles. The van der Waals surface area contributed by atoms with Crippen LogP contribution in [0.2, 0.25) is 0 Å². The van der Waals surface area contributed by atoms with E-state index < -0.39 is 10.8 Å². The van der Waals surface area contributed by atoms with Gasteiger partial charge >= 0.3 is 0 Å². The highest BCUT2D eigenvalue weighted by Crippen LogP contribution is 2.26. The summed E-state index contributed by atoms with van der Waals surface area (Å²) in [6, 6.07) is 10.5. The van der Waals surface area contributed by atoms with Crippen molar-refractivity contribution in [1.82, 2.24) is 5.43 Å². The summed E-state index contributed by atoms with van der Waals surface area (Å²) in [6.45, 7) is 0. The first-order valence-corrected chi connectivity index (χ1v) is 6.85. The number of nitro benzene ring substituents is 1. The van der Waals surface area contributed by atoms with Gasteiger partial charge in [-0.25, -0.2) is 5.43 Å². The molecule has 0 atom stereocenters. The summed E-state index contributed by atoms with van der Waals surface area (Å²) in [5, 5.41) is 14.5. The Labute approximate surface area is 137 Å². The van der Waals surface area contributed by atoms with Crippen LogP contribution in [-0.4, -0.2) is 31.3 Å². The van der Waals surface area contributed by atoms with E-state index in [2.05, 4.69) is 10.5 Å². The van der Waals surface area contributed by atoms with Crippen molar-refractivity contribution in [1.29, 1.82) is 0 Å². The zero-order valence-corrected chi connectivity index (χ0v) is 13.1. The molecule has 1 amide bonds. The second kappa shape index (κ2) is 7.73. The van der Waals surface area contributed by atoms with Crippen molar-refractivity contribution in [3.05, 3.63) is 63.7 Å². The van der Waals surface area contributed by atoms with Crippen LogP contribution in [0.4, 0.5) is 5.69 Å². The Morgan fingerprint density at radius 1 is 1.17 bits per heavy atom. The Kier molecular flexibility index (Phi) is 5.45. The van der Waals surface area contributed by atoms with Gasteiger partial charge in [0.2, 0.25) is 0 Å². The first kappa shape index (κ1) is 16.9. The van der Waals surface area contributed by atoms with Gasteiger partial charge in [-0.2, -0.15) is 5.10 Å². The van der Waals surface area contributed by atoms with Gasteiger partial charge in [-0.05, 0) is 29.8 Å². The SMILES string of the molecule is COc1ccc(/C=N\NC(=O)c2cccc([N+](=O)[O-])c2)cc1OC. The second-order valence-electron chi connectivity index (χ2n) is 4.62. The molecule has 1 N–H and O–H groups in total. The fourth-order valence-corrected chi connectivity index (χ4v) is 1.92. The summed E-state index contributed by atoms with van der Waals surface area (Å²) in [6.07, 6.45) is 1.43. The quantitative estimate of drug-likeness (QED) is 0.498. The number of carbonyl (C=O) groups excluding carboxylic acids is 1. The second-order valence-corrected chi connectivity index (χ2v) is 4.62. The average Bonchev–Trinajstić information content (AvgIpc) is 2.61. The number of nitrogens with zero attached hydrogens (tertiary/aromatic N) is 2. The van der Waals surface area contributed by atoms with E-state index in [0.717, 1.165) is 0 Å². The number of rotatable bonds is 6.